The quantitative estimate of drug-likeness (QED) is 0.535. The first-order valence-electron chi connectivity index (χ1n) is 12.4. The van der Waals surface area contributed by atoms with Crippen LogP contribution in [0, 0.1) is 5.92 Å². The minimum absolute atomic E-state index is 0.0812. The fourth-order valence-corrected chi connectivity index (χ4v) is 6.72. The molecule has 194 valence electrons. The van der Waals surface area contributed by atoms with E-state index in [9.17, 15) is 18.0 Å². The number of nitrogens with one attached hydrogen (secondary N) is 1. The highest BCUT2D eigenvalue weighted by Gasteiger charge is 2.33. The van der Waals surface area contributed by atoms with Gasteiger partial charge in [0.1, 0.15) is 0 Å². The number of hydrogen-bond donors (Lipinski definition) is 1. The molecule has 2 amide bonds. The lowest BCUT2D eigenvalue weighted by atomic mass is 9.98. The SMILES string of the molecule is O=C(Nc1ccccc1C(=O)N1CCCCCC1)[C@@H]1CCCN(S(=O)(=O)Cc2ccc(Cl)c(Cl)c2)C1. The molecule has 36 heavy (non-hydrogen) atoms. The minimum Gasteiger partial charge on any atom is -0.339 e. The van der Waals surface area contributed by atoms with Gasteiger partial charge in [-0.25, -0.2) is 12.7 Å². The van der Waals surface area contributed by atoms with Crippen LogP contribution in [-0.4, -0.2) is 55.6 Å². The number of carbonyl (C=O) groups excluding carboxylic acids is 2. The highest BCUT2D eigenvalue weighted by Crippen LogP contribution is 2.27. The Bertz CT molecular complexity index is 1210. The second-order valence-electron chi connectivity index (χ2n) is 9.44. The summed E-state index contributed by atoms with van der Waals surface area (Å²) in [5.41, 5.74) is 1.47. The van der Waals surface area contributed by atoms with E-state index in [0.29, 0.717) is 46.2 Å². The molecule has 1 N–H and O–H groups in total. The Morgan fingerprint density at radius 1 is 0.917 bits per heavy atom. The normalized spacial score (nSPS) is 19.5. The van der Waals surface area contributed by atoms with Crippen LogP contribution in [0.4, 0.5) is 5.69 Å². The number of nitrogens with zero attached hydrogens (tertiary/aromatic N) is 2. The fraction of sp³-hybridized carbons (Fsp3) is 0.462. The van der Waals surface area contributed by atoms with Crippen LogP contribution < -0.4 is 5.32 Å². The van der Waals surface area contributed by atoms with Gasteiger partial charge in [-0.3, -0.25) is 9.59 Å². The summed E-state index contributed by atoms with van der Waals surface area (Å²) in [6.45, 7) is 1.89. The van der Waals surface area contributed by atoms with Crippen molar-refractivity contribution < 1.29 is 18.0 Å². The highest BCUT2D eigenvalue weighted by atomic mass is 35.5. The standard InChI is InChI=1S/C26H31Cl2N3O4S/c27-22-12-11-19(16-23(22)28)18-36(34,35)31-15-7-8-20(17-31)25(32)29-24-10-4-3-9-21(24)26(33)30-13-5-1-2-6-14-30/h3-4,9-12,16,20H,1-2,5-8,13-15,17-18H2,(H,29,32)/t20-/m1/s1. The molecule has 2 heterocycles. The van der Waals surface area contributed by atoms with Crippen LogP contribution in [0.2, 0.25) is 10.0 Å². The summed E-state index contributed by atoms with van der Waals surface area (Å²) in [4.78, 5) is 28.3. The number of likely N-dealkylation sites (tertiary alicyclic amines) is 1. The zero-order valence-electron chi connectivity index (χ0n) is 20.1. The third-order valence-corrected chi connectivity index (χ3v) is 9.35. The van der Waals surface area contributed by atoms with Crippen LogP contribution in [0.5, 0.6) is 0 Å². The Balaban J connectivity index is 1.43. The van der Waals surface area contributed by atoms with Gasteiger partial charge in [-0.1, -0.05) is 54.2 Å². The molecule has 0 saturated carbocycles. The van der Waals surface area contributed by atoms with E-state index in [1.165, 1.54) is 4.31 Å². The van der Waals surface area contributed by atoms with Gasteiger partial charge in [0, 0.05) is 26.2 Å². The summed E-state index contributed by atoms with van der Waals surface area (Å²) in [5.74, 6) is -1.09. The van der Waals surface area contributed by atoms with Gasteiger partial charge in [0.2, 0.25) is 15.9 Å². The molecule has 4 rings (SSSR count). The first-order chi connectivity index (χ1) is 17.2. The van der Waals surface area contributed by atoms with E-state index >= 15 is 0 Å². The van der Waals surface area contributed by atoms with E-state index in [4.69, 9.17) is 23.2 Å². The van der Waals surface area contributed by atoms with Crippen LogP contribution in [0.15, 0.2) is 42.5 Å². The van der Waals surface area contributed by atoms with Crippen LogP contribution in [-0.2, 0) is 20.6 Å². The van der Waals surface area contributed by atoms with Crippen LogP contribution in [0.1, 0.15) is 54.4 Å². The minimum atomic E-state index is -3.65. The Labute approximate surface area is 222 Å². The van der Waals surface area contributed by atoms with E-state index in [0.717, 1.165) is 38.8 Å². The number of sulfonamides is 1. The van der Waals surface area contributed by atoms with Gasteiger partial charge in [0.05, 0.1) is 33.0 Å². The van der Waals surface area contributed by atoms with Crippen molar-refractivity contribution in [2.75, 3.05) is 31.5 Å². The van der Waals surface area contributed by atoms with Crippen molar-refractivity contribution in [2.24, 2.45) is 5.92 Å². The maximum Gasteiger partial charge on any atom is 0.255 e. The average Bonchev–Trinajstić information content (AvgIpc) is 3.16. The second kappa shape index (κ2) is 11.9. The molecule has 2 fully saturated rings. The lowest BCUT2D eigenvalue weighted by Gasteiger charge is -2.31. The lowest BCUT2D eigenvalue weighted by molar-refractivity contribution is -0.120. The molecular formula is C26H31Cl2N3O4S. The van der Waals surface area contributed by atoms with Crippen LogP contribution >= 0.6 is 23.2 Å². The van der Waals surface area contributed by atoms with E-state index < -0.39 is 15.9 Å². The third kappa shape index (κ3) is 6.59. The first kappa shape index (κ1) is 26.9. The summed E-state index contributed by atoms with van der Waals surface area (Å²) in [6, 6.07) is 11.8. The van der Waals surface area contributed by atoms with Gasteiger partial charge in [0.15, 0.2) is 0 Å². The summed E-state index contributed by atoms with van der Waals surface area (Å²) in [6.07, 6.45) is 5.35. The number of piperidine rings is 1. The summed E-state index contributed by atoms with van der Waals surface area (Å²) >= 11 is 12.0. The Hall–Kier alpha value is -2.13. The van der Waals surface area contributed by atoms with Crippen molar-refractivity contribution in [3.8, 4) is 0 Å². The molecule has 0 aliphatic carbocycles. The summed E-state index contributed by atoms with van der Waals surface area (Å²) in [7, 11) is -3.65. The molecule has 7 nitrogen and oxygen atoms in total. The molecule has 2 saturated heterocycles. The number of amides is 2. The Morgan fingerprint density at radius 2 is 1.64 bits per heavy atom. The number of benzene rings is 2. The van der Waals surface area contributed by atoms with E-state index in [-0.39, 0.29) is 24.1 Å². The predicted octanol–water partition coefficient (Wildman–Crippen LogP) is 5.19. The number of rotatable bonds is 6. The molecule has 0 bridgehead atoms. The molecule has 0 unspecified atom stereocenters. The largest absolute Gasteiger partial charge is 0.339 e. The maximum absolute atomic E-state index is 13.2. The fourth-order valence-electron chi connectivity index (χ4n) is 4.80. The van der Waals surface area contributed by atoms with Gasteiger partial charge in [-0.05, 0) is 55.5 Å². The third-order valence-electron chi connectivity index (χ3n) is 6.79. The second-order valence-corrected chi connectivity index (χ2v) is 12.2. The number of carbonyl (C=O) groups is 2. The van der Waals surface area contributed by atoms with Crippen molar-refractivity contribution in [3.63, 3.8) is 0 Å². The Morgan fingerprint density at radius 3 is 2.36 bits per heavy atom. The highest BCUT2D eigenvalue weighted by molar-refractivity contribution is 7.88. The molecule has 10 heteroatoms. The van der Waals surface area contributed by atoms with E-state index in [2.05, 4.69) is 5.32 Å². The molecule has 0 spiro atoms. The molecule has 2 aliphatic heterocycles. The smallest absolute Gasteiger partial charge is 0.255 e. The van der Waals surface area contributed by atoms with E-state index in [1.54, 1.807) is 42.5 Å². The topological polar surface area (TPSA) is 86.8 Å². The summed E-state index contributed by atoms with van der Waals surface area (Å²) in [5, 5.41) is 3.57. The average molecular weight is 553 g/mol. The lowest BCUT2D eigenvalue weighted by Crippen LogP contribution is -2.44. The molecule has 2 aromatic carbocycles. The number of hydrogen-bond acceptors (Lipinski definition) is 4. The monoisotopic (exact) mass is 551 g/mol. The molecule has 1 atom stereocenters. The zero-order valence-corrected chi connectivity index (χ0v) is 22.4. The van der Waals surface area contributed by atoms with Gasteiger partial charge < -0.3 is 10.2 Å². The van der Waals surface area contributed by atoms with Crippen LogP contribution in [0.3, 0.4) is 0 Å². The molecule has 0 aromatic heterocycles. The molecule has 2 aromatic rings. The van der Waals surface area contributed by atoms with Gasteiger partial charge >= 0.3 is 0 Å². The van der Waals surface area contributed by atoms with Crippen molar-refractivity contribution in [2.45, 2.75) is 44.3 Å². The molecule has 2 aliphatic rings. The maximum atomic E-state index is 13.2. The number of para-hydroxylation sites is 1. The van der Waals surface area contributed by atoms with Crippen molar-refractivity contribution >= 4 is 50.7 Å². The van der Waals surface area contributed by atoms with Gasteiger partial charge in [-0.15, -0.1) is 0 Å². The zero-order chi connectivity index (χ0) is 25.7. The van der Waals surface area contributed by atoms with Crippen molar-refractivity contribution in [1.29, 1.82) is 0 Å². The van der Waals surface area contributed by atoms with Crippen LogP contribution in [0.25, 0.3) is 0 Å². The van der Waals surface area contributed by atoms with Crippen molar-refractivity contribution in [1.82, 2.24) is 9.21 Å². The first-order valence-corrected chi connectivity index (χ1v) is 14.7. The van der Waals surface area contributed by atoms with Gasteiger partial charge in [-0.2, -0.15) is 0 Å². The van der Waals surface area contributed by atoms with E-state index in [1.807, 2.05) is 4.90 Å². The van der Waals surface area contributed by atoms with Crippen molar-refractivity contribution in [3.05, 3.63) is 63.6 Å². The summed E-state index contributed by atoms with van der Waals surface area (Å²) < 4.78 is 27.6. The Kier molecular flexibility index (Phi) is 8.93. The molecular weight excluding hydrogens is 521 g/mol. The van der Waals surface area contributed by atoms with Gasteiger partial charge in [0.25, 0.3) is 5.91 Å². The number of halogens is 2. The number of anilines is 1. The predicted molar refractivity (Wildman–Crippen MR) is 143 cm³/mol. The molecule has 0 radical (unpaired) electrons.